The number of anilines is 1. The third-order valence-electron chi connectivity index (χ3n) is 4.24. The number of nitrogens with zero attached hydrogens (tertiary/aromatic N) is 1. The van der Waals surface area contributed by atoms with E-state index in [1.165, 1.54) is 32.1 Å². The highest BCUT2D eigenvalue weighted by atomic mass is 16.1. The Balaban J connectivity index is 1.78. The second-order valence-corrected chi connectivity index (χ2v) is 5.85. The van der Waals surface area contributed by atoms with Gasteiger partial charge in [0.15, 0.2) is 0 Å². The molecule has 0 atom stereocenters. The second kappa shape index (κ2) is 7.27. The Morgan fingerprint density at radius 2 is 2.10 bits per heavy atom. The van der Waals surface area contributed by atoms with Crippen LogP contribution in [0.25, 0.3) is 0 Å². The maximum Gasteiger partial charge on any atom is 0.269 e. The molecule has 0 aromatic carbocycles. The van der Waals surface area contributed by atoms with Crippen LogP contribution in [0, 0.1) is 11.8 Å². The van der Waals surface area contributed by atoms with Crippen LogP contribution in [0.4, 0.5) is 5.69 Å². The van der Waals surface area contributed by atoms with Crippen molar-refractivity contribution in [1.82, 2.24) is 10.3 Å². The maximum atomic E-state index is 11.5. The molecule has 0 spiro atoms. The number of hydrogen-bond donors (Lipinski definition) is 2. The highest BCUT2D eigenvalue weighted by Gasteiger charge is 2.17. The average Bonchev–Trinajstić information content (AvgIpc) is 2.49. The molecule has 1 saturated carbocycles. The van der Waals surface area contributed by atoms with Crippen molar-refractivity contribution in [2.24, 2.45) is 11.8 Å². The fraction of sp³-hybridized carbons (Fsp3) is 0.625. The molecule has 1 aromatic heterocycles. The number of amides is 1. The van der Waals surface area contributed by atoms with Crippen molar-refractivity contribution in [2.75, 3.05) is 18.9 Å². The van der Waals surface area contributed by atoms with E-state index in [2.05, 4.69) is 22.5 Å². The third kappa shape index (κ3) is 4.22. The number of hydrogen-bond acceptors (Lipinski definition) is 3. The van der Waals surface area contributed by atoms with Crippen LogP contribution in [0.3, 0.4) is 0 Å². The molecular formula is C16H25N3O. The standard InChI is InChI=1S/C16H25N3O/c1-12-3-5-13(6-4-12)7-9-18-14-8-10-19-15(11-14)16(20)17-2/h8,10-13H,3-7,9H2,1-2H3,(H,17,20)(H,18,19). The van der Waals surface area contributed by atoms with Crippen molar-refractivity contribution in [3.05, 3.63) is 24.0 Å². The molecule has 2 rings (SSSR count). The van der Waals surface area contributed by atoms with Crippen molar-refractivity contribution in [3.63, 3.8) is 0 Å². The fourth-order valence-corrected chi connectivity index (χ4v) is 2.83. The molecule has 110 valence electrons. The fourth-order valence-electron chi connectivity index (χ4n) is 2.83. The highest BCUT2D eigenvalue weighted by molar-refractivity contribution is 5.92. The van der Waals surface area contributed by atoms with Gasteiger partial charge in [0.2, 0.25) is 0 Å². The van der Waals surface area contributed by atoms with E-state index in [0.29, 0.717) is 5.69 Å². The van der Waals surface area contributed by atoms with E-state index < -0.39 is 0 Å². The van der Waals surface area contributed by atoms with E-state index in [1.807, 2.05) is 12.1 Å². The smallest absolute Gasteiger partial charge is 0.269 e. The summed E-state index contributed by atoms with van der Waals surface area (Å²) in [7, 11) is 1.62. The number of carbonyl (C=O) groups is 1. The molecule has 1 aromatic rings. The molecule has 2 N–H and O–H groups in total. The third-order valence-corrected chi connectivity index (χ3v) is 4.24. The molecule has 1 aliphatic carbocycles. The van der Waals surface area contributed by atoms with Gasteiger partial charge >= 0.3 is 0 Å². The zero-order chi connectivity index (χ0) is 14.4. The van der Waals surface area contributed by atoms with Crippen LogP contribution in [0.2, 0.25) is 0 Å². The molecule has 0 bridgehead atoms. The van der Waals surface area contributed by atoms with E-state index in [-0.39, 0.29) is 5.91 Å². The van der Waals surface area contributed by atoms with E-state index in [1.54, 1.807) is 13.2 Å². The monoisotopic (exact) mass is 275 g/mol. The van der Waals surface area contributed by atoms with Gasteiger partial charge in [0.05, 0.1) is 0 Å². The quantitative estimate of drug-likeness (QED) is 0.868. The average molecular weight is 275 g/mol. The lowest BCUT2D eigenvalue weighted by molar-refractivity contribution is 0.0958. The zero-order valence-electron chi connectivity index (χ0n) is 12.5. The van der Waals surface area contributed by atoms with E-state index in [0.717, 1.165) is 24.1 Å². The molecule has 0 saturated heterocycles. The van der Waals surface area contributed by atoms with Crippen molar-refractivity contribution in [2.45, 2.75) is 39.0 Å². The van der Waals surface area contributed by atoms with Gasteiger partial charge in [0.25, 0.3) is 5.91 Å². The van der Waals surface area contributed by atoms with Gasteiger partial charge in [-0.1, -0.05) is 32.6 Å². The Labute approximate surface area is 121 Å². The number of carbonyl (C=O) groups excluding carboxylic acids is 1. The molecule has 4 heteroatoms. The first kappa shape index (κ1) is 14.8. The van der Waals surface area contributed by atoms with Gasteiger partial charge in [-0.15, -0.1) is 0 Å². The predicted molar refractivity (Wildman–Crippen MR) is 81.9 cm³/mol. The minimum absolute atomic E-state index is 0.144. The van der Waals surface area contributed by atoms with Gasteiger partial charge in [0, 0.05) is 25.5 Å². The first-order valence-electron chi connectivity index (χ1n) is 7.61. The van der Waals surface area contributed by atoms with Gasteiger partial charge in [-0.05, 0) is 30.4 Å². The molecule has 0 radical (unpaired) electrons. The first-order chi connectivity index (χ1) is 9.69. The lowest BCUT2D eigenvalue weighted by Gasteiger charge is -2.26. The Bertz CT molecular complexity index is 439. The minimum atomic E-state index is -0.144. The van der Waals surface area contributed by atoms with Crippen LogP contribution in [-0.4, -0.2) is 24.5 Å². The van der Waals surface area contributed by atoms with E-state index in [9.17, 15) is 4.79 Å². The maximum absolute atomic E-state index is 11.5. The Morgan fingerprint density at radius 1 is 1.35 bits per heavy atom. The molecule has 0 unspecified atom stereocenters. The summed E-state index contributed by atoms with van der Waals surface area (Å²) in [6, 6.07) is 3.72. The minimum Gasteiger partial charge on any atom is -0.385 e. The molecule has 1 heterocycles. The first-order valence-corrected chi connectivity index (χ1v) is 7.61. The zero-order valence-corrected chi connectivity index (χ0v) is 12.5. The molecule has 0 aliphatic heterocycles. The second-order valence-electron chi connectivity index (χ2n) is 5.85. The summed E-state index contributed by atoms with van der Waals surface area (Å²) in [5, 5.41) is 5.99. The summed E-state index contributed by atoms with van der Waals surface area (Å²) in [5.41, 5.74) is 1.44. The van der Waals surface area contributed by atoms with Gasteiger partial charge in [0.1, 0.15) is 5.69 Å². The topological polar surface area (TPSA) is 54.0 Å². The molecule has 1 aliphatic rings. The summed E-state index contributed by atoms with van der Waals surface area (Å²) in [5.74, 6) is 1.63. The van der Waals surface area contributed by atoms with Crippen LogP contribution in [0.5, 0.6) is 0 Å². The molecule has 1 amide bonds. The largest absolute Gasteiger partial charge is 0.385 e. The van der Waals surface area contributed by atoms with Crippen molar-refractivity contribution in [1.29, 1.82) is 0 Å². The molecule has 4 nitrogen and oxygen atoms in total. The van der Waals surface area contributed by atoms with Gasteiger partial charge < -0.3 is 10.6 Å². The Hall–Kier alpha value is -1.58. The number of pyridine rings is 1. The number of nitrogens with one attached hydrogen (secondary N) is 2. The summed E-state index contributed by atoms with van der Waals surface area (Å²) in [4.78, 5) is 15.6. The van der Waals surface area contributed by atoms with Crippen LogP contribution in [0.1, 0.15) is 49.5 Å². The number of rotatable bonds is 5. The van der Waals surface area contributed by atoms with Crippen LogP contribution in [0.15, 0.2) is 18.3 Å². The summed E-state index contributed by atoms with van der Waals surface area (Å²) in [6.07, 6.45) is 8.37. The van der Waals surface area contributed by atoms with Gasteiger partial charge in [-0.2, -0.15) is 0 Å². The van der Waals surface area contributed by atoms with Crippen molar-refractivity contribution >= 4 is 11.6 Å². The lowest BCUT2D eigenvalue weighted by atomic mass is 9.81. The molecule has 1 fully saturated rings. The van der Waals surface area contributed by atoms with Crippen molar-refractivity contribution in [3.8, 4) is 0 Å². The van der Waals surface area contributed by atoms with Crippen LogP contribution < -0.4 is 10.6 Å². The lowest BCUT2D eigenvalue weighted by Crippen LogP contribution is -2.19. The number of aromatic nitrogens is 1. The Kier molecular flexibility index (Phi) is 5.39. The van der Waals surface area contributed by atoms with Crippen LogP contribution >= 0.6 is 0 Å². The van der Waals surface area contributed by atoms with E-state index in [4.69, 9.17) is 0 Å². The molecule has 20 heavy (non-hydrogen) atoms. The predicted octanol–water partition coefficient (Wildman–Crippen LogP) is 3.07. The Morgan fingerprint density at radius 3 is 2.80 bits per heavy atom. The van der Waals surface area contributed by atoms with Crippen LogP contribution in [-0.2, 0) is 0 Å². The summed E-state index contributed by atoms with van der Waals surface area (Å²) >= 11 is 0. The summed E-state index contributed by atoms with van der Waals surface area (Å²) < 4.78 is 0. The summed E-state index contributed by atoms with van der Waals surface area (Å²) in [6.45, 7) is 3.32. The normalized spacial score (nSPS) is 22.3. The van der Waals surface area contributed by atoms with E-state index >= 15 is 0 Å². The van der Waals surface area contributed by atoms with Gasteiger partial charge in [-0.3, -0.25) is 9.78 Å². The van der Waals surface area contributed by atoms with Crippen molar-refractivity contribution < 1.29 is 4.79 Å². The SMILES string of the molecule is CNC(=O)c1cc(NCCC2CCC(C)CC2)ccn1. The molecular weight excluding hydrogens is 250 g/mol. The highest BCUT2D eigenvalue weighted by Crippen LogP contribution is 2.30. The van der Waals surface area contributed by atoms with Gasteiger partial charge in [-0.25, -0.2) is 0 Å².